The fraction of sp³-hybridized carbons (Fsp3) is 0.867. The molecule has 2 aliphatic rings. The molecule has 0 aliphatic heterocycles. The standard InChI is InChI=1S/C30H52O7/c1-5-6-17-35-28-15-13-27(14-16-28)26-11-9-24(10-12-26)7-8-25(20-36-29(32)22(2)18-31)21-37-30(33)23(3)19-34-4/h22,24-28,31H,3,5-21H2,1-2,4H3. The van der Waals surface area contributed by atoms with Crippen molar-refractivity contribution in [2.45, 2.75) is 97.0 Å². The lowest BCUT2D eigenvalue weighted by Crippen LogP contribution is -2.29. The second kappa shape index (κ2) is 18.0. The first kappa shape index (κ1) is 31.8. The van der Waals surface area contributed by atoms with Crippen LogP contribution in [0, 0.1) is 29.6 Å². The van der Waals surface area contributed by atoms with Gasteiger partial charge in [-0.25, -0.2) is 4.79 Å². The van der Waals surface area contributed by atoms with Crippen LogP contribution in [0.3, 0.4) is 0 Å². The Hall–Kier alpha value is -1.44. The molecule has 37 heavy (non-hydrogen) atoms. The Morgan fingerprint density at radius 3 is 2.19 bits per heavy atom. The topological polar surface area (TPSA) is 91.3 Å². The Morgan fingerprint density at radius 1 is 0.973 bits per heavy atom. The quantitative estimate of drug-likeness (QED) is 0.153. The van der Waals surface area contributed by atoms with Gasteiger partial charge in [0, 0.05) is 19.6 Å². The number of ether oxygens (including phenoxy) is 4. The predicted molar refractivity (Wildman–Crippen MR) is 144 cm³/mol. The highest BCUT2D eigenvalue weighted by Crippen LogP contribution is 2.41. The number of rotatable bonds is 17. The van der Waals surface area contributed by atoms with Crippen LogP contribution in [0.25, 0.3) is 0 Å². The minimum absolute atomic E-state index is 0.0742. The van der Waals surface area contributed by atoms with Gasteiger partial charge in [0.2, 0.25) is 0 Å². The van der Waals surface area contributed by atoms with Crippen molar-refractivity contribution in [3.05, 3.63) is 12.2 Å². The van der Waals surface area contributed by atoms with Crippen LogP contribution in [0.1, 0.15) is 90.9 Å². The van der Waals surface area contributed by atoms with Crippen molar-refractivity contribution in [1.29, 1.82) is 0 Å². The maximum atomic E-state index is 12.2. The van der Waals surface area contributed by atoms with E-state index in [1.807, 2.05) is 0 Å². The zero-order chi connectivity index (χ0) is 27.0. The number of methoxy groups -OCH3 is 1. The third-order valence-electron chi connectivity index (χ3n) is 8.31. The van der Waals surface area contributed by atoms with Gasteiger partial charge in [-0.15, -0.1) is 0 Å². The van der Waals surface area contributed by atoms with Crippen molar-refractivity contribution in [3.8, 4) is 0 Å². The Morgan fingerprint density at radius 2 is 1.59 bits per heavy atom. The molecule has 2 fully saturated rings. The highest BCUT2D eigenvalue weighted by Gasteiger charge is 2.31. The zero-order valence-electron chi connectivity index (χ0n) is 23.6. The van der Waals surface area contributed by atoms with Crippen molar-refractivity contribution in [2.24, 2.45) is 29.6 Å². The van der Waals surface area contributed by atoms with E-state index in [-0.39, 0.29) is 37.9 Å². The molecular formula is C30H52O7. The fourth-order valence-electron chi connectivity index (χ4n) is 5.70. The molecule has 0 aromatic carbocycles. The number of aliphatic hydroxyl groups is 1. The summed E-state index contributed by atoms with van der Waals surface area (Å²) in [6, 6.07) is 0. The van der Waals surface area contributed by atoms with Gasteiger partial charge < -0.3 is 24.1 Å². The maximum Gasteiger partial charge on any atom is 0.335 e. The summed E-state index contributed by atoms with van der Waals surface area (Å²) in [5.74, 6) is 0.831. The largest absolute Gasteiger partial charge is 0.465 e. The van der Waals surface area contributed by atoms with Crippen LogP contribution in [0.4, 0.5) is 0 Å². The molecule has 7 heteroatoms. The lowest BCUT2D eigenvalue weighted by atomic mass is 9.70. The molecule has 2 aliphatic carbocycles. The highest BCUT2D eigenvalue weighted by atomic mass is 16.5. The van der Waals surface area contributed by atoms with Crippen LogP contribution in [0.5, 0.6) is 0 Å². The molecule has 0 bridgehead atoms. The monoisotopic (exact) mass is 524 g/mol. The van der Waals surface area contributed by atoms with E-state index in [4.69, 9.17) is 18.9 Å². The van der Waals surface area contributed by atoms with E-state index < -0.39 is 17.9 Å². The lowest BCUT2D eigenvalue weighted by molar-refractivity contribution is -0.152. The first-order valence-corrected chi connectivity index (χ1v) is 14.6. The van der Waals surface area contributed by atoms with Crippen LogP contribution in [0.2, 0.25) is 0 Å². The molecule has 1 N–H and O–H groups in total. The first-order valence-electron chi connectivity index (χ1n) is 14.6. The number of aliphatic hydroxyl groups excluding tert-OH is 1. The predicted octanol–water partition coefficient (Wildman–Crippen LogP) is 5.48. The van der Waals surface area contributed by atoms with Crippen LogP contribution >= 0.6 is 0 Å². The molecular weight excluding hydrogens is 472 g/mol. The molecule has 0 aromatic rings. The summed E-state index contributed by atoms with van der Waals surface area (Å²) in [6.45, 7) is 8.71. The van der Waals surface area contributed by atoms with Crippen LogP contribution in [-0.4, -0.2) is 63.3 Å². The second-order valence-electron chi connectivity index (χ2n) is 11.3. The van der Waals surface area contributed by atoms with Gasteiger partial charge in [0.15, 0.2) is 0 Å². The SMILES string of the molecule is C=C(COC)C(=O)OCC(CCC1CCC(C2CCC(OCCCC)CC2)CC1)COC(=O)C(C)CO. The van der Waals surface area contributed by atoms with Crippen molar-refractivity contribution >= 4 is 11.9 Å². The molecule has 0 spiro atoms. The number of carbonyl (C=O) groups is 2. The van der Waals surface area contributed by atoms with E-state index in [2.05, 4.69) is 13.5 Å². The molecule has 0 radical (unpaired) electrons. The van der Waals surface area contributed by atoms with E-state index in [0.717, 1.165) is 31.3 Å². The summed E-state index contributed by atoms with van der Waals surface area (Å²) in [6.07, 6.45) is 14.9. The molecule has 7 nitrogen and oxygen atoms in total. The zero-order valence-corrected chi connectivity index (χ0v) is 23.6. The van der Waals surface area contributed by atoms with Gasteiger partial charge in [-0.1, -0.05) is 32.8 Å². The number of hydrogen-bond acceptors (Lipinski definition) is 7. The molecule has 2 unspecified atom stereocenters. The first-order chi connectivity index (χ1) is 17.9. The number of unbranched alkanes of at least 4 members (excludes halogenated alkanes) is 1. The number of esters is 2. The second-order valence-corrected chi connectivity index (χ2v) is 11.3. The minimum Gasteiger partial charge on any atom is -0.465 e. The highest BCUT2D eigenvalue weighted by molar-refractivity contribution is 5.87. The summed E-state index contributed by atoms with van der Waals surface area (Å²) in [5, 5.41) is 9.21. The smallest absolute Gasteiger partial charge is 0.335 e. The maximum absolute atomic E-state index is 12.2. The fourth-order valence-corrected chi connectivity index (χ4v) is 5.70. The van der Waals surface area contributed by atoms with E-state index in [1.54, 1.807) is 6.92 Å². The lowest BCUT2D eigenvalue weighted by Gasteiger charge is -2.38. The van der Waals surface area contributed by atoms with Gasteiger partial charge >= 0.3 is 11.9 Å². The molecule has 2 rings (SSSR count). The average Bonchev–Trinajstić information content (AvgIpc) is 2.92. The molecule has 0 amide bonds. The van der Waals surface area contributed by atoms with Gasteiger partial charge in [0.25, 0.3) is 0 Å². The van der Waals surface area contributed by atoms with E-state index in [1.165, 1.54) is 71.3 Å². The van der Waals surface area contributed by atoms with Crippen LogP contribution in [0.15, 0.2) is 12.2 Å². The van der Waals surface area contributed by atoms with Crippen molar-refractivity contribution in [3.63, 3.8) is 0 Å². The van der Waals surface area contributed by atoms with Crippen molar-refractivity contribution in [1.82, 2.24) is 0 Å². The molecule has 214 valence electrons. The molecule has 0 heterocycles. The Kier molecular flexibility index (Phi) is 15.4. The number of hydrogen-bond donors (Lipinski definition) is 1. The van der Waals surface area contributed by atoms with Gasteiger partial charge in [-0.3, -0.25) is 4.79 Å². The van der Waals surface area contributed by atoms with Gasteiger partial charge in [0.05, 0.1) is 44.0 Å². The van der Waals surface area contributed by atoms with Gasteiger partial charge in [-0.05, 0) is 82.5 Å². The molecule has 0 aromatic heterocycles. The van der Waals surface area contributed by atoms with E-state index >= 15 is 0 Å². The number of carbonyl (C=O) groups excluding carboxylic acids is 2. The van der Waals surface area contributed by atoms with Gasteiger partial charge in [0.1, 0.15) is 0 Å². The minimum atomic E-state index is -0.557. The van der Waals surface area contributed by atoms with Crippen molar-refractivity contribution < 1.29 is 33.6 Å². The average molecular weight is 525 g/mol. The van der Waals surface area contributed by atoms with Crippen molar-refractivity contribution in [2.75, 3.05) is 40.1 Å². The van der Waals surface area contributed by atoms with E-state index in [0.29, 0.717) is 12.0 Å². The third-order valence-corrected chi connectivity index (χ3v) is 8.31. The van der Waals surface area contributed by atoms with Crippen LogP contribution in [-0.2, 0) is 28.5 Å². The summed E-state index contributed by atoms with van der Waals surface area (Å²) >= 11 is 0. The normalized spacial score (nSPS) is 25.7. The van der Waals surface area contributed by atoms with Crippen LogP contribution < -0.4 is 0 Å². The van der Waals surface area contributed by atoms with Gasteiger partial charge in [-0.2, -0.15) is 0 Å². The molecule has 2 atom stereocenters. The summed E-state index contributed by atoms with van der Waals surface area (Å²) in [4.78, 5) is 24.2. The summed E-state index contributed by atoms with van der Waals surface area (Å²) < 4.78 is 21.9. The summed E-state index contributed by atoms with van der Waals surface area (Å²) in [7, 11) is 1.51. The summed E-state index contributed by atoms with van der Waals surface area (Å²) in [5.41, 5.74) is 0.270. The van der Waals surface area contributed by atoms with E-state index in [9.17, 15) is 14.7 Å². The Bertz CT molecular complexity index is 663. The molecule has 2 saturated carbocycles. The Labute approximate surface area is 224 Å². The third kappa shape index (κ3) is 11.9. The Balaban J connectivity index is 1.75. The molecule has 0 saturated heterocycles.